The summed E-state index contributed by atoms with van der Waals surface area (Å²) in [6.45, 7) is 1.83. The van der Waals surface area contributed by atoms with Crippen molar-refractivity contribution < 1.29 is 22.7 Å². The van der Waals surface area contributed by atoms with E-state index in [0.29, 0.717) is 57.2 Å². The summed E-state index contributed by atoms with van der Waals surface area (Å²) >= 11 is 0. The van der Waals surface area contributed by atoms with Crippen LogP contribution in [0.1, 0.15) is 18.4 Å². The Balaban J connectivity index is 1.14. The number of ether oxygens (including phenoxy) is 2. The number of carbonyl (C=O) groups is 1. The Morgan fingerprint density at radius 1 is 1.03 bits per heavy atom. The SMILES string of the molecule is O=C(NCc1ccc(-n2cncn2)cc1)C1CCN(S(=O)(=O)c2ccc3c(c2)OCCO3)CC1. The van der Waals surface area contributed by atoms with Gasteiger partial charge in [-0.2, -0.15) is 9.40 Å². The minimum Gasteiger partial charge on any atom is -0.486 e. The van der Waals surface area contributed by atoms with Crippen molar-refractivity contribution in [2.45, 2.75) is 24.3 Å². The number of rotatable bonds is 6. The Labute approximate surface area is 197 Å². The van der Waals surface area contributed by atoms with Gasteiger partial charge in [-0.3, -0.25) is 4.79 Å². The van der Waals surface area contributed by atoms with Gasteiger partial charge >= 0.3 is 0 Å². The first kappa shape index (κ1) is 22.4. The van der Waals surface area contributed by atoms with E-state index in [4.69, 9.17) is 9.47 Å². The van der Waals surface area contributed by atoms with Gasteiger partial charge in [-0.15, -0.1) is 0 Å². The standard InChI is InChI=1S/C23H25N5O5S/c29-23(25-14-17-1-3-19(4-2-17)28-16-24-15-26-28)18-7-9-27(10-8-18)34(30,31)20-5-6-21-22(13-20)33-12-11-32-21/h1-6,13,15-16,18H,7-12,14H2,(H,25,29). The highest BCUT2D eigenvalue weighted by Gasteiger charge is 2.32. The number of benzene rings is 2. The number of amides is 1. The van der Waals surface area contributed by atoms with Crippen LogP contribution in [0.5, 0.6) is 11.5 Å². The molecular weight excluding hydrogens is 458 g/mol. The van der Waals surface area contributed by atoms with E-state index in [0.717, 1.165) is 11.3 Å². The van der Waals surface area contributed by atoms with E-state index in [2.05, 4.69) is 15.4 Å². The third kappa shape index (κ3) is 4.62. The minimum atomic E-state index is -3.67. The van der Waals surface area contributed by atoms with Crippen LogP contribution in [0.2, 0.25) is 0 Å². The monoisotopic (exact) mass is 483 g/mol. The average Bonchev–Trinajstić information content (AvgIpc) is 3.42. The van der Waals surface area contributed by atoms with Gasteiger partial charge in [-0.05, 0) is 42.7 Å². The molecule has 3 heterocycles. The zero-order valence-corrected chi connectivity index (χ0v) is 19.3. The van der Waals surface area contributed by atoms with Gasteiger partial charge in [0.2, 0.25) is 15.9 Å². The van der Waals surface area contributed by atoms with Crippen LogP contribution in [0.25, 0.3) is 5.69 Å². The fourth-order valence-electron chi connectivity index (χ4n) is 4.13. The molecule has 0 spiro atoms. The second-order valence-corrected chi connectivity index (χ2v) is 10.1. The Hall–Kier alpha value is -3.44. The maximum Gasteiger partial charge on any atom is 0.243 e. The van der Waals surface area contributed by atoms with Crippen LogP contribution in [-0.4, -0.2) is 59.7 Å². The molecule has 1 fully saturated rings. The zero-order valence-electron chi connectivity index (χ0n) is 18.5. The number of hydrogen-bond acceptors (Lipinski definition) is 7. The summed E-state index contributed by atoms with van der Waals surface area (Å²) in [5.74, 6) is 0.711. The minimum absolute atomic E-state index is 0.0586. The van der Waals surface area contributed by atoms with Crippen molar-refractivity contribution in [1.82, 2.24) is 24.4 Å². The third-order valence-electron chi connectivity index (χ3n) is 6.06. The van der Waals surface area contributed by atoms with Crippen LogP contribution < -0.4 is 14.8 Å². The third-order valence-corrected chi connectivity index (χ3v) is 7.96. The number of nitrogens with one attached hydrogen (secondary N) is 1. The van der Waals surface area contributed by atoms with Crippen molar-refractivity contribution >= 4 is 15.9 Å². The fourth-order valence-corrected chi connectivity index (χ4v) is 5.62. The lowest BCUT2D eigenvalue weighted by molar-refractivity contribution is -0.126. The molecule has 10 nitrogen and oxygen atoms in total. The summed E-state index contributed by atoms with van der Waals surface area (Å²) < 4.78 is 40.3. The van der Waals surface area contributed by atoms with E-state index < -0.39 is 10.0 Å². The number of piperidine rings is 1. The summed E-state index contributed by atoms with van der Waals surface area (Å²) in [6.07, 6.45) is 4.04. The Morgan fingerprint density at radius 3 is 2.47 bits per heavy atom. The molecule has 0 radical (unpaired) electrons. The fraction of sp³-hybridized carbons (Fsp3) is 0.348. The van der Waals surface area contributed by atoms with Gasteiger partial charge in [0, 0.05) is 31.6 Å². The van der Waals surface area contributed by atoms with Crippen LogP contribution in [-0.2, 0) is 21.4 Å². The molecule has 0 atom stereocenters. The van der Waals surface area contributed by atoms with E-state index in [-0.39, 0.29) is 16.7 Å². The van der Waals surface area contributed by atoms with Crippen LogP contribution in [0.4, 0.5) is 0 Å². The highest BCUT2D eigenvalue weighted by atomic mass is 32.2. The van der Waals surface area contributed by atoms with Gasteiger partial charge in [0.1, 0.15) is 25.9 Å². The molecule has 34 heavy (non-hydrogen) atoms. The summed E-state index contributed by atoms with van der Waals surface area (Å²) in [4.78, 5) is 16.8. The summed E-state index contributed by atoms with van der Waals surface area (Å²) in [6, 6.07) is 12.4. The number of carbonyl (C=O) groups excluding carboxylic acids is 1. The zero-order chi connectivity index (χ0) is 23.5. The molecule has 1 N–H and O–H groups in total. The molecule has 11 heteroatoms. The van der Waals surface area contributed by atoms with Gasteiger partial charge < -0.3 is 14.8 Å². The van der Waals surface area contributed by atoms with Gasteiger partial charge in [-0.1, -0.05) is 12.1 Å². The van der Waals surface area contributed by atoms with E-state index in [1.54, 1.807) is 17.1 Å². The predicted molar refractivity (Wildman–Crippen MR) is 122 cm³/mol. The molecule has 1 amide bonds. The Bertz CT molecular complexity index is 1250. The lowest BCUT2D eigenvalue weighted by Gasteiger charge is -2.31. The van der Waals surface area contributed by atoms with Crippen LogP contribution in [0, 0.1) is 5.92 Å². The quantitative estimate of drug-likeness (QED) is 0.568. The first-order chi connectivity index (χ1) is 16.5. The molecule has 5 rings (SSSR count). The number of aromatic nitrogens is 3. The molecule has 2 aliphatic rings. The van der Waals surface area contributed by atoms with Gasteiger partial charge in [0.25, 0.3) is 0 Å². The number of sulfonamides is 1. The topological polar surface area (TPSA) is 116 Å². The van der Waals surface area contributed by atoms with Gasteiger partial charge in [0.15, 0.2) is 11.5 Å². The molecule has 1 aromatic heterocycles. The molecule has 3 aromatic rings. The highest BCUT2D eigenvalue weighted by molar-refractivity contribution is 7.89. The first-order valence-corrected chi connectivity index (χ1v) is 12.6. The van der Waals surface area contributed by atoms with E-state index >= 15 is 0 Å². The second kappa shape index (κ2) is 9.43. The molecule has 0 saturated carbocycles. The Kier molecular flexibility index (Phi) is 6.20. The number of hydrogen-bond donors (Lipinski definition) is 1. The lowest BCUT2D eigenvalue weighted by atomic mass is 9.97. The van der Waals surface area contributed by atoms with Crippen molar-refractivity contribution in [1.29, 1.82) is 0 Å². The molecule has 0 aliphatic carbocycles. The largest absolute Gasteiger partial charge is 0.486 e. The number of fused-ring (bicyclic) bond motifs is 1. The maximum absolute atomic E-state index is 13.1. The second-order valence-electron chi connectivity index (χ2n) is 8.21. The smallest absolute Gasteiger partial charge is 0.243 e. The van der Waals surface area contributed by atoms with E-state index in [1.165, 1.54) is 22.8 Å². The van der Waals surface area contributed by atoms with Crippen LogP contribution in [0.3, 0.4) is 0 Å². The first-order valence-electron chi connectivity index (χ1n) is 11.1. The molecule has 0 unspecified atom stereocenters. The van der Waals surface area contributed by atoms with Gasteiger partial charge in [0.05, 0.1) is 10.6 Å². The Morgan fingerprint density at radius 2 is 1.76 bits per heavy atom. The molecule has 178 valence electrons. The summed E-state index contributed by atoms with van der Waals surface area (Å²) in [7, 11) is -3.67. The average molecular weight is 484 g/mol. The van der Waals surface area contributed by atoms with Crippen LogP contribution in [0.15, 0.2) is 60.0 Å². The predicted octanol–water partition coefficient (Wildman–Crippen LogP) is 1.76. The molecule has 0 bridgehead atoms. The van der Waals surface area contributed by atoms with Crippen molar-refractivity contribution in [2.75, 3.05) is 26.3 Å². The highest BCUT2D eigenvalue weighted by Crippen LogP contribution is 2.34. The van der Waals surface area contributed by atoms with Crippen molar-refractivity contribution in [3.63, 3.8) is 0 Å². The molecule has 2 aliphatic heterocycles. The maximum atomic E-state index is 13.1. The summed E-state index contributed by atoms with van der Waals surface area (Å²) in [5.41, 5.74) is 1.86. The number of nitrogens with zero attached hydrogens (tertiary/aromatic N) is 4. The van der Waals surface area contributed by atoms with Gasteiger partial charge in [-0.25, -0.2) is 18.1 Å². The van der Waals surface area contributed by atoms with Crippen molar-refractivity contribution in [2.24, 2.45) is 5.92 Å². The van der Waals surface area contributed by atoms with E-state index in [1.807, 2.05) is 24.3 Å². The van der Waals surface area contributed by atoms with E-state index in [9.17, 15) is 13.2 Å². The normalized spacial score (nSPS) is 16.8. The lowest BCUT2D eigenvalue weighted by Crippen LogP contribution is -2.42. The summed E-state index contributed by atoms with van der Waals surface area (Å²) in [5, 5.41) is 7.06. The molecule has 2 aromatic carbocycles. The van der Waals surface area contributed by atoms with Crippen molar-refractivity contribution in [3.8, 4) is 17.2 Å². The van der Waals surface area contributed by atoms with Crippen molar-refractivity contribution in [3.05, 3.63) is 60.7 Å². The molecular formula is C23H25N5O5S. The molecule has 1 saturated heterocycles. The van der Waals surface area contributed by atoms with Crippen LogP contribution >= 0.6 is 0 Å².